The number of carbonyl (C=O) groups is 1. The largest absolute Gasteiger partial charge is 0.433 e. The Morgan fingerprint density at radius 3 is 2.79 bits per heavy atom. The Labute approximate surface area is 111 Å². The average molecular weight is 260 g/mol. The maximum atomic E-state index is 11.3. The van der Waals surface area contributed by atoms with Gasteiger partial charge in [0.15, 0.2) is 0 Å². The van der Waals surface area contributed by atoms with Crippen molar-refractivity contribution in [2.24, 2.45) is 0 Å². The van der Waals surface area contributed by atoms with E-state index < -0.39 is 5.79 Å². The second-order valence-corrected chi connectivity index (χ2v) is 5.56. The summed E-state index contributed by atoms with van der Waals surface area (Å²) in [6, 6.07) is 10.3. The lowest BCUT2D eigenvalue weighted by Gasteiger charge is -2.24. The normalized spacial score (nSPS) is 40.6. The first-order chi connectivity index (χ1) is 9.26. The molecule has 0 amide bonds. The van der Waals surface area contributed by atoms with Crippen LogP contribution in [0.1, 0.15) is 30.7 Å². The second-order valence-electron chi connectivity index (χ2n) is 5.56. The predicted molar refractivity (Wildman–Crippen MR) is 66.5 cm³/mol. The van der Waals surface area contributed by atoms with Crippen molar-refractivity contribution in [1.29, 1.82) is 0 Å². The highest BCUT2D eigenvalue weighted by molar-refractivity contribution is 5.72. The molecule has 0 aliphatic carbocycles. The van der Waals surface area contributed by atoms with Crippen LogP contribution in [-0.2, 0) is 19.0 Å². The van der Waals surface area contributed by atoms with Crippen LogP contribution in [0.4, 0.5) is 0 Å². The monoisotopic (exact) mass is 260 g/mol. The van der Waals surface area contributed by atoms with Gasteiger partial charge in [-0.1, -0.05) is 30.3 Å². The summed E-state index contributed by atoms with van der Waals surface area (Å²) in [7, 11) is 0. The Morgan fingerprint density at radius 1 is 1.21 bits per heavy atom. The zero-order valence-electron chi connectivity index (χ0n) is 10.6. The summed E-state index contributed by atoms with van der Waals surface area (Å²) in [6.07, 6.45) is 1.84. The van der Waals surface area contributed by atoms with E-state index in [0.29, 0.717) is 25.9 Å². The zero-order valence-corrected chi connectivity index (χ0v) is 10.6. The second kappa shape index (κ2) is 4.05. The molecule has 3 fully saturated rings. The molecule has 100 valence electrons. The zero-order chi connectivity index (χ0) is 12.9. The number of ether oxygens (including phenoxy) is 3. The topological polar surface area (TPSA) is 44.8 Å². The molecule has 4 rings (SSSR count). The fraction of sp³-hybridized carbons (Fsp3) is 0.533. The van der Waals surface area contributed by atoms with E-state index in [1.807, 2.05) is 18.2 Å². The van der Waals surface area contributed by atoms with Crippen LogP contribution in [0.5, 0.6) is 0 Å². The Balaban J connectivity index is 1.58. The van der Waals surface area contributed by atoms with Crippen LogP contribution in [0.15, 0.2) is 30.3 Å². The SMILES string of the molecule is O=C1CCC2(C[C@H]3OC[C@@H](c4ccccc4)[C@H]3O2)O1. The van der Waals surface area contributed by atoms with Crippen LogP contribution in [0, 0.1) is 0 Å². The molecule has 19 heavy (non-hydrogen) atoms. The van der Waals surface area contributed by atoms with Crippen molar-refractivity contribution in [3.05, 3.63) is 35.9 Å². The van der Waals surface area contributed by atoms with E-state index in [9.17, 15) is 4.79 Å². The van der Waals surface area contributed by atoms with Crippen LogP contribution in [0.25, 0.3) is 0 Å². The van der Waals surface area contributed by atoms with Gasteiger partial charge in [0.2, 0.25) is 5.79 Å². The number of carbonyl (C=O) groups excluding carboxylic acids is 1. The van der Waals surface area contributed by atoms with Gasteiger partial charge in [-0.2, -0.15) is 0 Å². The average Bonchev–Trinajstić information content (AvgIpc) is 3.06. The number of hydrogen-bond acceptors (Lipinski definition) is 4. The summed E-state index contributed by atoms with van der Waals surface area (Å²) in [6.45, 7) is 0.684. The fourth-order valence-electron chi connectivity index (χ4n) is 3.43. The molecule has 4 atom stereocenters. The molecule has 0 N–H and O–H groups in total. The summed E-state index contributed by atoms with van der Waals surface area (Å²) in [5.41, 5.74) is 1.23. The number of benzene rings is 1. The standard InChI is InChI=1S/C15H16O4/c16-13-6-7-15(18-13)8-12-14(19-15)11(9-17-12)10-4-2-1-3-5-10/h1-5,11-12,14H,6-9H2/t11-,12+,14+,15?/m0/s1. The van der Waals surface area contributed by atoms with E-state index in [0.717, 1.165) is 0 Å². The van der Waals surface area contributed by atoms with Gasteiger partial charge in [-0.05, 0) is 5.56 Å². The minimum absolute atomic E-state index is 0.00769. The molecular formula is C15H16O4. The highest BCUT2D eigenvalue weighted by atomic mass is 16.7. The van der Waals surface area contributed by atoms with Gasteiger partial charge in [-0.15, -0.1) is 0 Å². The molecule has 1 spiro atoms. The summed E-state index contributed by atoms with van der Waals surface area (Å²) >= 11 is 0. The third-order valence-corrected chi connectivity index (χ3v) is 4.35. The van der Waals surface area contributed by atoms with E-state index in [2.05, 4.69) is 12.1 Å². The van der Waals surface area contributed by atoms with Crippen LogP contribution < -0.4 is 0 Å². The first kappa shape index (κ1) is 11.4. The van der Waals surface area contributed by atoms with Gasteiger partial charge in [-0.25, -0.2) is 0 Å². The lowest BCUT2D eigenvalue weighted by molar-refractivity contribution is -0.206. The molecule has 1 aromatic carbocycles. The number of esters is 1. The molecule has 3 heterocycles. The molecule has 0 saturated carbocycles. The van der Waals surface area contributed by atoms with Gasteiger partial charge in [0, 0.05) is 18.8 Å². The van der Waals surface area contributed by atoms with E-state index >= 15 is 0 Å². The fourth-order valence-corrected chi connectivity index (χ4v) is 3.43. The van der Waals surface area contributed by atoms with Gasteiger partial charge >= 0.3 is 5.97 Å². The molecular weight excluding hydrogens is 244 g/mol. The van der Waals surface area contributed by atoms with Crippen molar-refractivity contribution in [2.45, 2.75) is 43.2 Å². The van der Waals surface area contributed by atoms with Crippen LogP contribution in [-0.4, -0.2) is 30.6 Å². The van der Waals surface area contributed by atoms with E-state index in [1.54, 1.807) is 0 Å². The molecule has 1 unspecified atom stereocenters. The third-order valence-electron chi connectivity index (χ3n) is 4.35. The van der Waals surface area contributed by atoms with Gasteiger partial charge in [-0.3, -0.25) is 4.79 Å². The maximum absolute atomic E-state index is 11.3. The molecule has 3 saturated heterocycles. The molecule has 4 nitrogen and oxygen atoms in total. The Kier molecular flexibility index (Phi) is 2.44. The minimum atomic E-state index is -0.708. The quantitative estimate of drug-likeness (QED) is 0.724. The van der Waals surface area contributed by atoms with Gasteiger partial charge in [0.1, 0.15) is 0 Å². The Bertz CT molecular complexity index is 500. The lowest BCUT2D eigenvalue weighted by atomic mass is 9.93. The molecule has 0 bridgehead atoms. The van der Waals surface area contributed by atoms with E-state index in [4.69, 9.17) is 14.2 Å². The van der Waals surface area contributed by atoms with Crippen LogP contribution >= 0.6 is 0 Å². The smallest absolute Gasteiger partial charge is 0.308 e. The van der Waals surface area contributed by atoms with Crippen LogP contribution in [0.2, 0.25) is 0 Å². The van der Waals surface area contributed by atoms with Crippen LogP contribution in [0.3, 0.4) is 0 Å². The molecule has 0 radical (unpaired) electrons. The predicted octanol–water partition coefficient (Wildman–Crippen LogP) is 1.99. The van der Waals surface area contributed by atoms with Crippen molar-refractivity contribution in [2.75, 3.05) is 6.61 Å². The summed E-state index contributed by atoms with van der Waals surface area (Å²) in [4.78, 5) is 11.3. The van der Waals surface area contributed by atoms with Crippen molar-refractivity contribution in [3.63, 3.8) is 0 Å². The maximum Gasteiger partial charge on any atom is 0.308 e. The highest BCUT2D eigenvalue weighted by Crippen LogP contribution is 2.48. The Hall–Kier alpha value is -1.39. The molecule has 1 aromatic rings. The van der Waals surface area contributed by atoms with Gasteiger partial charge < -0.3 is 14.2 Å². The van der Waals surface area contributed by atoms with Crippen molar-refractivity contribution < 1.29 is 19.0 Å². The van der Waals surface area contributed by atoms with Crippen molar-refractivity contribution >= 4 is 5.97 Å². The van der Waals surface area contributed by atoms with Crippen molar-refractivity contribution in [3.8, 4) is 0 Å². The summed E-state index contributed by atoms with van der Waals surface area (Å²) in [5, 5.41) is 0. The molecule has 3 aliphatic heterocycles. The minimum Gasteiger partial charge on any atom is -0.433 e. The number of fused-ring (bicyclic) bond motifs is 1. The first-order valence-electron chi connectivity index (χ1n) is 6.82. The summed E-state index contributed by atoms with van der Waals surface area (Å²) < 4.78 is 17.3. The molecule has 0 aromatic heterocycles. The van der Waals surface area contributed by atoms with Crippen molar-refractivity contribution in [1.82, 2.24) is 0 Å². The first-order valence-corrected chi connectivity index (χ1v) is 6.82. The Morgan fingerprint density at radius 2 is 2.05 bits per heavy atom. The lowest BCUT2D eigenvalue weighted by Crippen LogP contribution is -2.30. The highest BCUT2D eigenvalue weighted by Gasteiger charge is 2.57. The van der Waals surface area contributed by atoms with Gasteiger partial charge in [0.05, 0.1) is 25.2 Å². The third kappa shape index (κ3) is 1.78. The van der Waals surface area contributed by atoms with E-state index in [-0.39, 0.29) is 24.1 Å². The number of rotatable bonds is 1. The van der Waals surface area contributed by atoms with Gasteiger partial charge in [0.25, 0.3) is 0 Å². The molecule has 3 aliphatic rings. The molecule has 4 heteroatoms. The number of hydrogen-bond donors (Lipinski definition) is 0. The van der Waals surface area contributed by atoms with E-state index in [1.165, 1.54) is 5.56 Å². The summed E-state index contributed by atoms with van der Waals surface area (Å²) in [5.74, 6) is -0.624.